The number of rotatable bonds is 9. The average molecular weight is 605 g/mol. The zero-order chi connectivity index (χ0) is 29.6. The minimum Gasteiger partial charge on any atom is -0.416 e. The molecule has 214 valence electrons. The highest BCUT2D eigenvalue weighted by Gasteiger charge is 2.38. The smallest absolute Gasteiger partial charge is 0.330 e. The summed E-state index contributed by atoms with van der Waals surface area (Å²) in [7, 11) is 0.852. The van der Waals surface area contributed by atoms with Crippen LogP contribution in [0.4, 0.5) is 4.39 Å². The van der Waals surface area contributed by atoms with Crippen molar-refractivity contribution in [2.45, 2.75) is 51.9 Å². The Morgan fingerprint density at radius 3 is 2.50 bits per heavy atom. The van der Waals surface area contributed by atoms with Gasteiger partial charge in [-0.15, -0.1) is 11.3 Å². The molecule has 0 fully saturated rings. The topological polar surface area (TPSA) is 88.1 Å². The highest BCUT2D eigenvalue weighted by atomic mass is 35.5. The summed E-state index contributed by atoms with van der Waals surface area (Å²) in [6, 6.07) is 6.00. The van der Waals surface area contributed by atoms with Crippen molar-refractivity contribution in [1.29, 1.82) is 0 Å². The summed E-state index contributed by atoms with van der Waals surface area (Å²) < 4.78 is 25.2. The number of nitrogens with zero attached hydrogens (tertiary/aromatic N) is 4. The predicted octanol–water partition coefficient (Wildman–Crippen LogP) is 5.87. The first-order chi connectivity index (χ1) is 18.6. The van der Waals surface area contributed by atoms with Gasteiger partial charge in [0.1, 0.15) is 11.0 Å². The third-order valence-electron chi connectivity index (χ3n) is 7.74. The van der Waals surface area contributed by atoms with E-state index in [1.165, 1.54) is 35.1 Å². The number of thiazole rings is 1. The maximum absolute atomic E-state index is 14.4. The molecule has 0 bridgehead atoms. The molecule has 8 nitrogen and oxygen atoms in total. The number of halogens is 2. The normalized spacial score (nSPS) is 13.2. The van der Waals surface area contributed by atoms with Gasteiger partial charge in [-0.3, -0.25) is 18.7 Å². The average Bonchev–Trinajstić information content (AvgIpc) is 3.48. The lowest BCUT2D eigenvalue weighted by atomic mass is 10.0. The SMILES string of the molecule is Cn1c(=O)c2c(-c3cccc(F)c3)n(CC(CO[Si](C)(C)C(C)(C)C)CC(=O)c3nc(Cl)cs3)cc2n(C)c1=O. The Morgan fingerprint density at radius 1 is 1.20 bits per heavy atom. The van der Waals surface area contributed by atoms with Gasteiger partial charge in [0.15, 0.2) is 19.1 Å². The molecule has 0 N–H and O–H groups in total. The molecule has 0 spiro atoms. The van der Waals surface area contributed by atoms with Gasteiger partial charge in [-0.05, 0) is 30.3 Å². The van der Waals surface area contributed by atoms with Crippen molar-refractivity contribution in [3.63, 3.8) is 0 Å². The van der Waals surface area contributed by atoms with E-state index in [4.69, 9.17) is 16.0 Å². The monoisotopic (exact) mass is 604 g/mol. The summed E-state index contributed by atoms with van der Waals surface area (Å²) >= 11 is 7.17. The van der Waals surface area contributed by atoms with Crippen molar-refractivity contribution in [3.05, 3.63) is 72.7 Å². The van der Waals surface area contributed by atoms with Crippen LogP contribution in [0.1, 0.15) is 37.0 Å². The first-order valence-electron chi connectivity index (χ1n) is 12.9. The summed E-state index contributed by atoms with van der Waals surface area (Å²) in [5.41, 5.74) is 0.461. The van der Waals surface area contributed by atoms with Gasteiger partial charge in [0.25, 0.3) is 5.56 Å². The second kappa shape index (κ2) is 11.2. The first kappa shape index (κ1) is 30.1. The quantitative estimate of drug-likeness (QED) is 0.176. The minimum atomic E-state index is -2.16. The molecule has 1 aromatic carbocycles. The zero-order valence-electron chi connectivity index (χ0n) is 23.7. The van der Waals surface area contributed by atoms with Crippen molar-refractivity contribution < 1.29 is 13.6 Å². The number of hydrogen-bond acceptors (Lipinski definition) is 6. The molecule has 40 heavy (non-hydrogen) atoms. The van der Waals surface area contributed by atoms with Gasteiger partial charge in [0, 0.05) is 56.7 Å². The maximum Gasteiger partial charge on any atom is 0.330 e. The molecule has 4 rings (SSSR count). The van der Waals surface area contributed by atoms with Crippen LogP contribution in [0.2, 0.25) is 23.3 Å². The fraction of sp³-hybridized carbons (Fsp3) is 0.429. The van der Waals surface area contributed by atoms with E-state index in [-0.39, 0.29) is 34.9 Å². The van der Waals surface area contributed by atoms with Crippen molar-refractivity contribution in [2.75, 3.05) is 6.61 Å². The van der Waals surface area contributed by atoms with Gasteiger partial charge in [-0.25, -0.2) is 14.2 Å². The fourth-order valence-electron chi connectivity index (χ4n) is 4.41. The van der Waals surface area contributed by atoms with Crippen LogP contribution < -0.4 is 11.2 Å². The zero-order valence-corrected chi connectivity index (χ0v) is 26.3. The molecule has 1 unspecified atom stereocenters. The molecule has 0 saturated carbocycles. The lowest BCUT2D eigenvalue weighted by Crippen LogP contribution is -2.42. The molecule has 0 aliphatic carbocycles. The summed E-state index contributed by atoms with van der Waals surface area (Å²) in [5.74, 6) is -0.916. The summed E-state index contributed by atoms with van der Waals surface area (Å²) in [4.78, 5) is 43.5. The Bertz CT molecular complexity index is 1700. The minimum absolute atomic E-state index is 0.0380. The van der Waals surface area contributed by atoms with Crippen LogP contribution >= 0.6 is 22.9 Å². The number of fused-ring (bicyclic) bond motifs is 1. The number of ketones is 1. The van der Waals surface area contributed by atoms with E-state index in [0.717, 1.165) is 4.57 Å². The Balaban J connectivity index is 1.84. The van der Waals surface area contributed by atoms with Crippen LogP contribution in [0.15, 0.2) is 45.4 Å². The Labute approximate surface area is 242 Å². The van der Waals surface area contributed by atoms with Gasteiger partial charge in [-0.1, -0.05) is 44.5 Å². The maximum atomic E-state index is 14.4. The van der Waals surface area contributed by atoms with Gasteiger partial charge >= 0.3 is 5.69 Å². The van der Waals surface area contributed by atoms with Gasteiger partial charge < -0.3 is 8.99 Å². The molecule has 4 aromatic rings. The van der Waals surface area contributed by atoms with E-state index in [1.54, 1.807) is 30.8 Å². The van der Waals surface area contributed by atoms with Gasteiger partial charge in [0.05, 0.1) is 16.6 Å². The standard InChI is InChI=1S/C28H34ClFN4O4SSi/c1-28(2,3)40(6,7)38-15-17(11-21(35)25-31-22(29)16-39-25)13-34-14-20-23(26(36)33(5)27(37)32(20)4)24(34)18-9-8-10-19(30)12-18/h8-10,12,14,16-17H,11,13,15H2,1-7H3. The number of hydrogen-bond donors (Lipinski definition) is 0. The van der Waals surface area contributed by atoms with Crippen LogP contribution in [0, 0.1) is 11.7 Å². The van der Waals surface area contributed by atoms with E-state index in [9.17, 15) is 18.8 Å². The molecule has 1 atom stereocenters. The molecular weight excluding hydrogens is 571 g/mol. The second-order valence-corrected chi connectivity index (χ2v) is 17.7. The molecule has 0 radical (unpaired) electrons. The second-order valence-electron chi connectivity index (χ2n) is 11.6. The summed E-state index contributed by atoms with van der Waals surface area (Å²) in [6.07, 6.45) is 1.86. The number of benzene rings is 1. The molecule has 0 aliphatic heterocycles. The highest BCUT2D eigenvalue weighted by molar-refractivity contribution is 7.12. The predicted molar refractivity (Wildman–Crippen MR) is 161 cm³/mol. The van der Waals surface area contributed by atoms with E-state index in [2.05, 4.69) is 38.8 Å². The summed E-state index contributed by atoms with van der Waals surface area (Å²) in [6.45, 7) is 11.3. The van der Waals surface area contributed by atoms with Gasteiger partial charge in [0.2, 0.25) is 0 Å². The lowest BCUT2D eigenvalue weighted by molar-refractivity contribution is 0.0930. The molecule has 0 amide bonds. The van der Waals surface area contributed by atoms with Crippen molar-refractivity contribution >= 4 is 47.9 Å². The number of aryl methyl sites for hydroxylation is 1. The third kappa shape index (κ3) is 5.92. The van der Waals surface area contributed by atoms with E-state index in [0.29, 0.717) is 33.8 Å². The molecule has 12 heteroatoms. The number of Topliss-reactive ketones (excluding diaryl/α,β-unsaturated/α-hetero) is 1. The van der Waals surface area contributed by atoms with Crippen LogP contribution in [0.5, 0.6) is 0 Å². The number of aromatic nitrogens is 4. The lowest BCUT2D eigenvalue weighted by Gasteiger charge is -2.37. The molecule has 0 aliphatic rings. The van der Waals surface area contributed by atoms with Crippen molar-refractivity contribution in [1.82, 2.24) is 18.7 Å². The molecule has 3 aromatic heterocycles. The van der Waals surface area contributed by atoms with Crippen LogP contribution in [0.3, 0.4) is 0 Å². The molecule has 3 heterocycles. The molecular formula is C28H34ClFN4O4SSi. The van der Waals surface area contributed by atoms with Crippen LogP contribution in [0.25, 0.3) is 22.2 Å². The number of carbonyl (C=O) groups is 1. The molecule has 0 saturated heterocycles. The van der Waals surface area contributed by atoms with Crippen LogP contribution in [-0.2, 0) is 25.1 Å². The summed E-state index contributed by atoms with van der Waals surface area (Å²) in [5, 5.41) is 2.47. The first-order valence-corrected chi connectivity index (χ1v) is 17.1. The number of carbonyl (C=O) groups excluding carboxylic acids is 1. The Kier molecular flexibility index (Phi) is 8.42. The highest BCUT2D eigenvalue weighted by Crippen LogP contribution is 2.37. The van der Waals surface area contributed by atoms with Crippen molar-refractivity contribution in [3.8, 4) is 11.3 Å². The fourth-order valence-corrected chi connectivity index (χ4v) is 6.39. The van der Waals surface area contributed by atoms with Crippen molar-refractivity contribution in [2.24, 2.45) is 20.0 Å². The van der Waals surface area contributed by atoms with E-state index >= 15 is 0 Å². The van der Waals surface area contributed by atoms with Crippen LogP contribution in [-0.4, -0.2) is 39.4 Å². The van der Waals surface area contributed by atoms with Gasteiger partial charge in [-0.2, -0.15) is 0 Å². The largest absolute Gasteiger partial charge is 0.416 e. The van der Waals surface area contributed by atoms with E-state index in [1.807, 2.05) is 4.57 Å². The third-order valence-corrected chi connectivity index (χ3v) is 13.4. The Hall–Kier alpha value is -2.86. The Morgan fingerprint density at radius 2 is 1.90 bits per heavy atom. The van der Waals surface area contributed by atoms with E-state index < -0.39 is 25.4 Å².